The lowest BCUT2D eigenvalue weighted by Crippen LogP contribution is -2.52. The van der Waals surface area contributed by atoms with Gasteiger partial charge in [-0.15, -0.1) is 0 Å². The summed E-state index contributed by atoms with van der Waals surface area (Å²) < 4.78 is 11.3. The van der Waals surface area contributed by atoms with Crippen LogP contribution in [0.4, 0.5) is 4.79 Å². The van der Waals surface area contributed by atoms with E-state index in [2.05, 4.69) is 29.6 Å². The molecule has 2 heterocycles. The van der Waals surface area contributed by atoms with Crippen LogP contribution >= 0.6 is 0 Å². The molecule has 34 heavy (non-hydrogen) atoms. The molecule has 2 fully saturated rings. The van der Waals surface area contributed by atoms with Crippen molar-refractivity contribution in [3.63, 3.8) is 0 Å². The quantitative estimate of drug-likeness (QED) is 0.653. The lowest BCUT2D eigenvalue weighted by atomic mass is 9.93. The summed E-state index contributed by atoms with van der Waals surface area (Å²) in [4.78, 5) is 37.4. The van der Waals surface area contributed by atoms with Crippen LogP contribution in [0.15, 0.2) is 48.5 Å². The summed E-state index contributed by atoms with van der Waals surface area (Å²) in [7, 11) is 0. The van der Waals surface area contributed by atoms with Gasteiger partial charge in [0, 0.05) is 31.5 Å². The molecule has 2 unspecified atom stereocenters. The van der Waals surface area contributed by atoms with E-state index in [0.717, 1.165) is 11.1 Å². The van der Waals surface area contributed by atoms with Gasteiger partial charge >= 0.3 is 12.1 Å². The molecule has 2 atom stereocenters. The van der Waals surface area contributed by atoms with Gasteiger partial charge in [0.2, 0.25) is 5.91 Å². The van der Waals surface area contributed by atoms with Crippen molar-refractivity contribution in [2.24, 2.45) is 11.8 Å². The predicted molar refractivity (Wildman–Crippen MR) is 123 cm³/mol. The molecule has 2 aliphatic heterocycles. The van der Waals surface area contributed by atoms with E-state index in [1.165, 1.54) is 11.1 Å². The lowest BCUT2D eigenvalue weighted by Gasteiger charge is -2.39. The van der Waals surface area contributed by atoms with Crippen LogP contribution in [0.2, 0.25) is 0 Å². The Bertz CT molecular complexity index is 1050. The summed E-state index contributed by atoms with van der Waals surface area (Å²) in [6.07, 6.45) is -0.120. The van der Waals surface area contributed by atoms with Crippen LogP contribution in [0, 0.1) is 11.8 Å². The second-order valence-electron chi connectivity index (χ2n) is 9.30. The van der Waals surface area contributed by atoms with E-state index in [1.54, 1.807) is 4.90 Å². The average Bonchev–Trinajstić information content (AvgIpc) is 3.41. The molecule has 2 amide bonds. The molecule has 0 radical (unpaired) electrons. The fourth-order valence-corrected chi connectivity index (χ4v) is 5.25. The van der Waals surface area contributed by atoms with Gasteiger partial charge in [-0.1, -0.05) is 48.5 Å². The first-order chi connectivity index (χ1) is 16.5. The zero-order chi connectivity index (χ0) is 23.7. The molecule has 8 heteroatoms. The number of carbonyl (C=O) groups is 3. The zero-order valence-corrected chi connectivity index (χ0v) is 18.8. The highest BCUT2D eigenvalue weighted by atomic mass is 16.5. The van der Waals surface area contributed by atoms with Crippen LogP contribution in [0.3, 0.4) is 0 Å². The van der Waals surface area contributed by atoms with Gasteiger partial charge in [0.25, 0.3) is 0 Å². The van der Waals surface area contributed by atoms with Crippen molar-refractivity contribution < 1.29 is 29.0 Å². The van der Waals surface area contributed by atoms with Crippen LogP contribution in [0.1, 0.15) is 29.9 Å². The van der Waals surface area contributed by atoms with E-state index in [1.807, 2.05) is 24.3 Å². The van der Waals surface area contributed by atoms with Crippen molar-refractivity contribution in [2.75, 3.05) is 32.8 Å². The summed E-state index contributed by atoms with van der Waals surface area (Å²) in [5, 5.41) is 11.6. The summed E-state index contributed by atoms with van der Waals surface area (Å²) >= 11 is 0. The second-order valence-corrected chi connectivity index (χ2v) is 9.30. The van der Waals surface area contributed by atoms with Crippen molar-refractivity contribution in [1.29, 1.82) is 0 Å². The van der Waals surface area contributed by atoms with Crippen LogP contribution in [-0.4, -0.2) is 66.9 Å². The molecule has 0 aromatic heterocycles. The third-order valence-corrected chi connectivity index (χ3v) is 6.98. The third-order valence-electron chi connectivity index (χ3n) is 6.98. The summed E-state index contributed by atoms with van der Waals surface area (Å²) in [5.74, 6) is -1.04. The molecule has 2 saturated heterocycles. The number of ether oxygens (including phenoxy) is 2. The normalized spacial score (nSPS) is 21.5. The van der Waals surface area contributed by atoms with Crippen LogP contribution < -0.4 is 5.32 Å². The highest BCUT2D eigenvalue weighted by Gasteiger charge is 2.39. The molecular weight excluding hydrogens is 436 g/mol. The Hall–Kier alpha value is -3.39. The molecule has 8 nitrogen and oxygen atoms in total. The van der Waals surface area contributed by atoms with Crippen molar-refractivity contribution in [2.45, 2.75) is 24.9 Å². The van der Waals surface area contributed by atoms with Gasteiger partial charge in [0.15, 0.2) is 0 Å². The number of benzene rings is 2. The highest BCUT2D eigenvalue weighted by molar-refractivity contribution is 5.81. The fourth-order valence-electron chi connectivity index (χ4n) is 5.25. The maximum Gasteiger partial charge on any atom is 0.407 e. The number of nitrogens with one attached hydrogen (secondary N) is 1. The molecule has 3 aliphatic rings. The first-order valence-corrected chi connectivity index (χ1v) is 11.7. The topological polar surface area (TPSA) is 105 Å². The number of alkyl carbamates (subject to hydrolysis) is 1. The van der Waals surface area contributed by atoms with E-state index in [-0.39, 0.29) is 49.3 Å². The molecule has 2 N–H and O–H groups in total. The van der Waals surface area contributed by atoms with Crippen LogP contribution in [0.5, 0.6) is 0 Å². The SMILES string of the molecule is O=C(O)CC1CN(C(=O)C2COC(CNC(=O)OCC3c4ccccc4-c4ccccc43)C2)C1. The Morgan fingerprint density at radius 2 is 1.68 bits per heavy atom. The summed E-state index contributed by atoms with van der Waals surface area (Å²) in [6.45, 7) is 1.83. The Balaban J connectivity index is 1.07. The van der Waals surface area contributed by atoms with Crippen LogP contribution in [-0.2, 0) is 19.1 Å². The van der Waals surface area contributed by atoms with E-state index in [0.29, 0.717) is 26.1 Å². The van der Waals surface area contributed by atoms with Crippen molar-refractivity contribution in [3.8, 4) is 11.1 Å². The third kappa shape index (κ3) is 4.50. The molecular formula is C26H28N2O6. The van der Waals surface area contributed by atoms with Gasteiger partial charge in [0.1, 0.15) is 6.61 Å². The van der Waals surface area contributed by atoms with Crippen LogP contribution in [0.25, 0.3) is 11.1 Å². The number of hydrogen-bond acceptors (Lipinski definition) is 5. The molecule has 1 aliphatic carbocycles. The number of aliphatic carboxylic acids is 1. The number of likely N-dealkylation sites (tertiary alicyclic amines) is 1. The number of carboxylic acid groups (broad SMARTS) is 1. The smallest absolute Gasteiger partial charge is 0.407 e. The lowest BCUT2D eigenvalue weighted by molar-refractivity contribution is -0.147. The fraction of sp³-hybridized carbons (Fsp3) is 0.423. The maximum absolute atomic E-state index is 12.6. The van der Waals surface area contributed by atoms with E-state index in [9.17, 15) is 14.4 Å². The molecule has 2 aromatic rings. The van der Waals surface area contributed by atoms with Gasteiger partial charge in [-0.25, -0.2) is 4.79 Å². The zero-order valence-electron chi connectivity index (χ0n) is 18.8. The Morgan fingerprint density at radius 1 is 1.03 bits per heavy atom. The van der Waals surface area contributed by atoms with Crippen molar-refractivity contribution >= 4 is 18.0 Å². The minimum atomic E-state index is -0.833. The number of nitrogens with zero attached hydrogens (tertiary/aromatic N) is 1. The Morgan fingerprint density at radius 3 is 2.32 bits per heavy atom. The summed E-state index contributed by atoms with van der Waals surface area (Å²) in [6, 6.07) is 16.4. The number of amides is 2. The summed E-state index contributed by atoms with van der Waals surface area (Å²) in [5.41, 5.74) is 4.68. The van der Waals surface area contributed by atoms with Crippen molar-refractivity contribution in [1.82, 2.24) is 10.2 Å². The minimum absolute atomic E-state index is 0.00404. The van der Waals surface area contributed by atoms with Gasteiger partial charge in [-0.3, -0.25) is 9.59 Å². The van der Waals surface area contributed by atoms with Gasteiger partial charge in [0.05, 0.1) is 25.0 Å². The van der Waals surface area contributed by atoms with Gasteiger partial charge < -0.3 is 24.8 Å². The number of hydrogen-bond donors (Lipinski definition) is 2. The number of rotatable bonds is 7. The molecule has 2 aromatic carbocycles. The maximum atomic E-state index is 12.6. The van der Waals surface area contributed by atoms with Gasteiger partial charge in [-0.05, 0) is 28.7 Å². The second kappa shape index (κ2) is 9.46. The highest BCUT2D eigenvalue weighted by Crippen LogP contribution is 2.44. The number of fused-ring (bicyclic) bond motifs is 3. The Kier molecular flexibility index (Phi) is 6.24. The van der Waals surface area contributed by atoms with E-state index >= 15 is 0 Å². The predicted octanol–water partition coefficient (Wildman–Crippen LogP) is 2.86. The van der Waals surface area contributed by atoms with Gasteiger partial charge in [-0.2, -0.15) is 0 Å². The molecule has 0 saturated carbocycles. The standard InChI is InChI=1S/C26H28N2O6/c29-24(30)9-16-12-28(13-16)25(31)17-10-18(33-14-17)11-27-26(32)34-15-23-21-7-3-1-5-19(21)20-6-2-4-8-22(20)23/h1-8,16-18,23H,9-15H2,(H,27,32)(H,29,30). The molecule has 0 spiro atoms. The Labute approximate surface area is 197 Å². The molecule has 0 bridgehead atoms. The van der Waals surface area contributed by atoms with Crippen molar-refractivity contribution in [3.05, 3.63) is 59.7 Å². The number of carboxylic acids is 1. The van der Waals surface area contributed by atoms with E-state index < -0.39 is 12.1 Å². The minimum Gasteiger partial charge on any atom is -0.481 e. The van der Waals surface area contributed by atoms with E-state index in [4.69, 9.17) is 14.6 Å². The number of carbonyl (C=O) groups excluding carboxylic acids is 2. The molecule has 5 rings (SSSR count). The first-order valence-electron chi connectivity index (χ1n) is 11.7. The first kappa shape index (κ1) is 22.4. The monoisotopic (exact) mass is 464 g/mol. The largest absolute Gasteiger partial charge is 0.481 e. The molecule has 178 valence electrons. The average molecular weight is 465 g/mol.